The summed E-state index contributed by atoms with van der Waals surface area (Å²) in [4.78, 5) is 14.6. The van der Waals surface area contributed by atoms with Crippen molar-refractivity contribution < 1.29 is 9.53 Å². The lowest BCUT2D eigenvalue weighted by Crippen LogP contribution is -2.54. The molecule has 1 amide bonds. The van der Waals surface area contributed by atoms with Gasteiger partial charge in [0.15, 0.2) is 0 Å². The third-order valence-electron chi connectivity index (χ3n) is 3.98. The van der Waals surface area contributed by atoms with Gasteiger partial charge in [-0.1, -0.05) is 30.3 Å². The van der Waals surface area contributed by atoms with Crippen LogP contribution in [0.4, 0.5) is 0 Å². The van der Waals surface area contributed by atoms with Crippen LogP contribution in [0.3, 0.4) is 0 Å². The monoisotopic (exact) mass is 292 g/mol. The second kappa shape index (κ2) is 6.16. The van der Waals surface area contributed by atoms with E-state index >= 15 is 0 Å². The molecule has 0 aliphatic carbocycles. The smallest absolute Gasteiger partial charge is 0.241 e. The molecule has 0 saturated carbocycles. The van der Waals surface area contributed by atoms with Crippen molar-refractivity contribution in [3.8, 4) is 0 Å². The second-order valence-corrected chi connectivity index (χ2v) is 6.28. The molecule has 3 atom stereocenters. The van der Waals surface area contributed by atoms with Gasteiger partial charge in [0.2, 0.25) is 5.91 Å². The molecule has 5 heteroatoms. The number of carbonyl (C=O) groups excluding carboxylic acids is 1. The predicted molar refractivity (Wildman–Crippen MR) is 80.6 cm³/mol. The Labute approximate surface area is 123 Å². The number of hydrogen-bond donors (Lipinski definition) is 1. The minimum absolute atomic E-state index is 0.0250. The van der Waals surface area contributed by atoms with Crippen LogP contribution in [0.15, 0.2) is 30.3 Å². The predicted octanol–water partition coefficient (Wildman–Crippen LogP) is 1.64. The van der Waals surface area contributed by atoms with Crippen LogP contribution < -0.4 is 5.32 Å². The van der Waals surface area contributed by atoms with E-state index in [1.54, 1.807) is 11.8 Å². The highest BCUT2D eigenvalue weighted by molar-refractivity contribution is 7.99. The van der Waals surface area contributed by atoms with Crippen molar-refractivity contribution in [3.63, 3.8) is 0 Å². The first-order chi connectivity index (χ1) is 9.77. The molecule has 2 aliphatic rings. The number of benzene rings is 1. The standard InChI is InChI=1S/C15H20N2O2S/c1-11-14(12-5-3-2-4-6-12)19-8-7-17(11)15(18)13-9-20-10-16-13/h2-6,11,13-14,16H,7-10H2,1H3. The van der Waals surface area contributed by atoms with Crippen molar-refractivity contribution in [1.82, 2.24) is 10.2 Å². The number of ether oxygens (including phenoxy) is 1. The Balaban J connectivity index is 1.74. The lowest BCUT2D eigenvalue weighted by atomic mass is 10.00. The number of hydrogen-bond acceptors (Lipinski definition) is 4. The number of rotatable bonds is 2. The van der Waals surface area contributed by atoms with Crippen molar-refractivity contribution in [2.75, 3.05) is 24.8 Å². The fourth-order valence-electron chi connectivity index (χ4n) is 2.87. The molecule has 1 aromatic rings. The normalized spacial score (nSPS) is 30.4. The first-order valence-corrected chi connectivity index (χ1v) is 8.21. The minimum Gasteiger partial charge on any atom is -0.370 e. The lowest BCUT2D eigenvalue weighted by Gasteiger charge is -2.40. The summed E-state index contributed by atoms with van der Waals surface area (Å²) in [6.07, 6.45) is -0.0250. The summed E-state index contributed by atoms with van der Waals surface area (Å²) in [5, 5.41) is 3.26. The van der Waals surface area contributed by atoms with Crippen molar-refractivity contribution in [1.29, 1.82) is 0 Å². The van der Waals surface area contributed by atoms with E-state index in [-0.39, 0.29) is 24.1 Å². The van der Waals surface area contributed by atoms with Crippen LogP contribution >= 0.6 is 11.8 Å². The molecule has 3 rings (SSSR count). The maximum absolute atomic E-state index is 12.6. The fraction of sp³-hybridized carbons (Fsp3) is 0.533. The summed E-state index contributed by atoms with van der Waals surface area (Å²) in [5.41, 5.74) is 1.14. The number of morpholine rings is 1. The SMILES string of the molecule is CC1C(c2ccccc2)OCCN1C(=O)C1CSCN1. The lowest BCUT2D eigenvalue weighted by molar-refractivity contribution is -0.147. The largest absolute Gasteiger partial charge is 0.370 e. The van der Waals surface area contributed by atoms with E-state index in [0.717, 1.165) is 17.2 Å². The van der Waals surface area contributed by atoms with E-state index in [4.69, 9.17) is 4.74 Å². The minimum atomic E-state index is -0.0306. The number of thioether (sulfide) groups is 1. The summed E-state index contributed by atoms with van der Waals surface area (Å²) in [6.45, 7) is 3.37. The Morgan fingerprint density at radius 1 is 1.40 bits per heavy atom. The van der Waals surface area contributed by atoms with Crippen molar-refractivity contribution in [2.24, 2.45) is 0 Å². The number of nitrogens with zero attached hydrogens (tertiary/aromatic N) is 1. The summed E-state index contributed by atoms with van der Waals surface area (Å²) in [6, 6.07) is 10.2. The van der Waals surface area contributed by atoms with E-state index in [1.807, 2.05) is 23.1 Å². The number of nitrogens with one attached hydrogen (secondary N) is 1. The number of amides is 1. The highest BCUT2D eigenvalue weighted by Gasteiger charge is 2.36. The summed E-state index contributed by atoms with van der Waals surface area (Å²) in [7, 11) is 0. The Morgan fingerprint density at radius 3 is 2.90 bits per heavy atom. The zero-order chi connectivity index (χ0) is 13.9. The van der Waals surface area contributed by atoms with Gasteiger partial charge in [0.25, 0.3) is 0 Å². The Hall–Kier alpha value is -1.04. The molecular formula is C15H20N2O2S. The van der Waals surface area contributed by atoms with E-state index < -0.39 is 0 Å². The molecule has 2 saturated heterocycles. The van der Waals surface area contributed by atoms with E-state index in [9.17, 15) is 4.79 Å². The first kappa shape index (κ1) is 13.9. The highest BCUT2D eigenvalue weighted by atomic mass is 32.2. The third kappa shape index (κ3) is 2.71. The van der Waals surface area contributed by atoms with Gasteiger partial charge in [-0.15, -0.1) is 11.8 Å². The van der Waals surface area contributed by atoms with Crippen LogP contribution in [-0.4, -0.2) is 47.7 Å². The highest BCUT2D eigenvalue weighted by Crippen LogP contribution is 2.29. The van der Waals surface area contributed by atoms with Gasteiger partial charge >= 0.3 is 0 Å². The molecule has 1 N–H and O–H groups in total. The van der Waals surface area contributed by atoms with Crippen LogP contribution in [0.2, 0.25) is 0 Å². The quantitative estimate of drug-likeness (QED) is 0.900. The molecule has 4 nitrogen and oxygen atoms in total. The summed E-state index contributed by atoms with van der Waals surface area (Å²) in [5.74, 6) is 1.96. The molecule has 0 radical (unpaired) electrons. The molecule has 3 unspecified atom stereocenters. The summed E-state index contributed by atoms with van der Waals surface area (Å²) < 4.78 is 5.90. The Morgan fingerprint density at radius 2 is 2.20 bits per heavy atom. The molecule has 1 aromatic carbocycles. The first-order valence-electron chi connectivity index (χ1n) is 7.05. The van der Waals surface area contributed by atoms with Gasteiger partial charge in [-0.25, -0.2) is 0 Å². The van der Waals surface area contributed by atoms with E-state index in [2.05, 4.69) is 24.4 Å². The van der Waals surface area contributed by atoms with Crippen LogP contribution in [-0.2, 0) is 9.53 Å². The van der Waals surface area contributed by atoms with Crippen LogP contribution in [0.25, 0.3) is 0 Å². The molecule has 20 heavy (non-hydrogen) atoms. The maximum atomic E-state index is 12.6. The summed E-state index contributed by atoms with van der Waals surface area (Å²) >= 11 is 1.78. The van der Waals surface area contributed by atoms with Gasteiger partial charge in [-0.2, -0.15) is 0 Å². The molecule has 0 spiro atoms. The van der Waals surface area contributed by atoms with E-state index in [0.29, 0.717) is 13.2 Å². The molecule has 2 aliphatic heterocycles. The second-order valence-electron chi connectivity index (χ2n) is 5.25. The average molecular weight is 292 g/mol. The van der Waals surface area contributed by atoms with Gasteiger partial charge in [0.1, 0.15) is 6.10 Å². The van der Waals surface area contributed by atoms with Gasteiger partial charge < -0.3 is 9.64 Å². The van der Waals surface area contributed by atoms with Gasteiger partial charge in [-0.3, -0.25) is 10.1 Å². The van der Waals surface area contributed by atoms with Crippen molar-refractivity contribution >= 4 is 17.7 Å². The molecular weight excluding hydrogens is 272 g/mol. The third-order valence-corrected chi connectivity index (χ3v) is 4.92. The maximum Gasteiger partial charge on any atom is 0.241 e. The Bertz CT molecular complexity index is 462. The van der Waals surface area contributed by atoms with E-state index in [1.165, 1.54) is 0 Å². The topological polar surface area (TPSA) is 41.6 Å². The van der Waals surface area contributed by atoms with Gasteiger partial charge in [-0.05, 0) is 12.5 Å². The zero-order valence-corrected chi connectivity index (χ0v) is 12.4. The molecule has 108 valence electrons. The van der Waals surface area contributed by atoms with Crippen molar-refractivity contribution in [3.05, 3.63) is 35.9 Å². The van der Waals surface area contributed by atoms with Crippen LogP contribution in [0.5, 0.6) is 0 Å². The van der Waals surface area contributed by atoms with Crippen molar-refractivity contribution in [2.45, 2.75) is 25.1 Å². The average Bonchev–Trinajstić information content (AvgIpc) is 3.02. The fourth-order valence-corrected chi connectivity index (χ4v) is 3.80. The molecule has 2 fully saturated rings. The number of carbonyl (C=O) groups is 1. The Kier molecular flexibility index (Phi) is 4.29. The van der Waals surface area contributed by atoms with Gasteiger partial charge in [0, 0.05) is 18.2 Å². The van der Waals surface area contributed by atoms with Gasteiger partial charge in [0.05, 0.1) is 18.7 Å². The molecule has 2 heterocycles. The van der Waals surface area contributed by atoms with Crippen LogP contribution in [0, 0.1) is 0 Å². The molecule has 0 aromatic heterocycles. The zero-order valence-electron chi connectivity index (χ0n) is 11.6. The molecule has 0 bridgehead atoms. The van der Waals surface area contributed by atoms with Crippen LogP contribution in [0.1, 0.15) is 18.6 Å².